The molecule has 0 radical (unpaired) electrons. The summed E-state index contributed by atoms with van der Waals surface area (Å²) in [5.74, 6) is 0. The monoisotopic (exact) mass is 304 g/mol. The summed E-state index contributed by atoms with van der Waals surface area (Å²) in [5.41, 5.74) is 12.7. The van der Waals surface area contributed by atoms with Crippen molar-refractivity contribution in [1.82, 2.24) is 0 Å². The molecule has 0 saturated carbocycles. The Hall–Kier alpha value is -1.69. The lowest BCUT2D eigenvalue weighted by Crippen LogP contribution is -2.13. The first-order chi connectivity index (χ1) is 10.1. The predicted octanol–water partition coefficient (Wildman–Crippen LogP) is 1.52. The molecule has 4 N–H and O–H groups in total. The Bertz CT molecular complexity index is 656. The van der Waals surface area contributed by atoms with Gasteiger partial charge in [-0.3, -0.25) is 0 Å². The Labute approximate surface area is 125 Å². The fourth-order valence-corrected chi connectivity index (χ4v) is 4.16. The zero-order chi connectivity index (χ0) is 15.3. The minimum atomic E-state index is -3.56. The average Bonchev–Trinajstić information content (AvgIpc) is 2.49. The van der Waals surface area contributed by atoms with Crippen LogP contribution in [0.25, 0.3) is 0 Å². The normalized spacial score (nSPS) is 11.5. The van der Waals surface area contributed by atoms with E-state index in [9.17, 15) is 8.42 Å². The molecule has 4 nitrogen and oxygen atoms in total. The van der Waals surface area contributed by atoms with E-state index in [2.05, 4.69) is 0 Å². The molecule has 0 aromatic heterocycles. The van der Waals surface area contributed by atoms with Gasteiger partial charge >= 0.3 is 0 Å². The number of hydrogen-bond donors (Lipinski definition) is 2. The van der Waals surface area contributed by atoms with Crippen LogP contribution >= 0.6 is 0 Å². The number of nitrogens with two attached hydrogens (primary N) is 2. The van der Waals surface area contributed by atoms with Crippen molar-refractivity contribution < 1.29 is 8.42 Å². The first-order valence-electron chi connectivity index (χ1n) is 6.92. The average molecular weight is 304 g/mol. The molecule has 0 aliphatic carbocycles. The van der Waals surface area contributed by atoms with Crippen molar-refractivity contribution in [3.8, 4) is 0 Å². The quantitative estimate of drug-likeness (QED) is 0.847. The van der Waals surface area contributed by atoms with Crippen LogP contribution in [-0.4, -0.2) is 21.5 Å². The molecule has 0 bridgehead atoms. The lowest BCUT2D eigenvalue weighted by atomic mass is 10.1. The maximum Gasteiger partial charge on any atom is 0.207 e. The number of hydrogen-bond acceptors (Lipinski definition) is 4. The SMILES string of the molecule is NCCc1ccccc1S(=O)(=O)c1ccccc1CCN. The Morgan fingerprint density at radius 2 is 1.10 bits per heavy atom. The van der Waals surface area contributed by atoms with Crippen LogP contribution in [0.15, 0.2) is 58.3 Å². The van der Waals surface area contributed by atoms with Crippen molar-refractivity contribution in [2.45, 2.75) is 22.6 Å². The highest BCUT2D eigenvalue weighted by Crippen LogP contribution is 2.27. The van der Waals surface area contributed by atoms with Crippen LogP contribution in [-0.2, 0) is 22.7 Å². The summed E-state index contributed by atoms with van der Waals surface area (Å²) in [6.45, 7) is 0.827. The van der Waals surface area contributed by atoms with Crippen LogP contribution in [0, 0.1) is 0 Å². The van der Waals surface area contributed by atoms with Crippen LogP contribution in [0.2, 0.25) is 0 Å². The molecule has 112 valence electrons. The predicted molar refractivity (Wildman–Crippen MR) is 83.9 cm³/mol. The third kappa shape index (κ3) is 3.32. The maximum atomic E-state index is 12.9. The molecular formula is C16H20N2O2S. The Morgan fingerprint density at radius 1 is 0.714 bits per heavy atom. The van der Waals surface area contributed by atoms with Gasteiger partial charge in [0, 0.05) is 0 Å². The first-order valence-corrected chi connectivity index (χ1v) is 8.40. The van der Waals surface area contributed by atoms with Gasteiger partial charge in [-0.15, -0.1) is 0 Å². The molecule has 0 aliphatic rings. The summed E-state index contributed by atoms with van der Waals surface area (Å²) < 4.78 is 25.9. The van der Waals surface area contributed by atoms with Gasteiger partial charge in [0.05, 0.1) is 9.79 Å². The van der Waals surface area contributed by atoms with Crippen molar-refractivity contribution in [1.29, 1.82) is 0 Å². The number of sulfone groups is 1. The first kappa shape index (κ1) is 15.7. The van der Waals surface area contributed by atoms with E-state index in [1.54, 1.807) is 24.3 Å². The standard InChI is InChI=1S/C16H20N2O2S/c17-11-9-13-5-1-3-7-15(13)21(19,20)16-8-4-2-6-14(16)10-12-18/h1-8H,9-12,17-18H2. The van der Waals surface area contributed by atoms with Gasteiger partial charge in [-0.25, -0.2) is 8.42 Å². The second-order valence-corrected chi connectivity index (χ2v) is 6.68. The summed E-state index contributed by atoms with van der Waals surface area (Å²) >= 11 is 0. The van der Waals surface area contributed by atoms with Crippen LogP contribution in [0.5, 0.6) is 0 Å². The maximum absolute atomic E-state index is 12.9. The minimum absolute atomic E-state index is 0.333. The fourth-order valence-electron chi connectivity index (χ4n) is 2.37. The van der Waals surface area contributed by atoms with Crippen molar-refractivity contribution in [2.75, 3.05) is 13.1 Å². The highest BCUT2D eigenvalue weighted by atomic mass is 32.2. The highest BCUT2D eigenvalue weighted by Gasteiger charge is 2.23. The molecule has 0 heterocycles. The molecule has 0 amide bonds. The van der Waals surface area contributed by atoms with E-state index in [1.165, 1.54) is 0 Å². The molecule has 2 aromatic carbocycles. The molecule has 0 atom stereocenters. The Morgan fingerprint density at radius 3 is 1.48 bits per heavy atom. The molecular weight excluding hydrogens is 284 g/mol. The van der Waals surface area contributed by atoms with E-state index in [0.29, 0.717) is 35.7 Å². The van der Waals surface area contributed by atoms with Gasteiger partial charge in [0.25, 0.3) is 0 Å². The smallest absolute Gasteiger partial charge is 0.207 e. The van der Waals surface area contributed by atoms with Crippen LogP contribution in [0.4, 0.5) is 0 Å². The number of benzene rings is 2. The van der Waals surface area contributed by atoms with E-state index in [4.69, 9.17) is 11.5 Å². The molecule has 0 aliphatic heterocycles. The Balaban J connectivity index is 2.58. The zero-order valence-corrected chi connectivity index (χ0v) is 12.6. The van der Waals surface area contributed by atoms with Gasteiger partial charge in [-0.2, -0.15) is 0 Å². The molecule has 5 heteroatoms. The van der Waals surface area contributed by atoms with Gasteiger partial charge in [0.1, 0.15) is 0 Å². The summed E-state index contributed by atoms with van der Waals surface area (Å²) in [6, 6.07) is 14.0. The van der Waals surface area contributed by atoms with Crippen LogP contribution < -0.4 is 11.5 Å². The van der Waals surface area contributed by atoms with E-state index < -0.39 is 9.84 Å². The van der Waals surface area contributed by atoms with Crippen LogP contribution in [0.3, 0.4) is 0 Å². The van der Waals surface area contributed by atoms with Crippen molar-refractivity contribution >= 4 is 9.84 Å². The van der Waals surface area contributed by atoms with Crippen LogP contribution in [0.1, 0.15) is 11.1 Å². The number of rotatable bonds is 6. The van der Waals surface area contributed by atoms with Gasteiger partial charge < -0.3 is 11.5 Å². The minimum Gasteiger partial charge on any atom is -0.330 e. The second kappa shape index (κ2) is 6.85. The highest BCUT2D eigenvalue weighted by molar-refractivity contribution is 7.91. The molecule has 0 unspecified atom stereocenters. The van der Waals surface area contributed by atoms with Crippen molar-refractivity contribution in [3.05, 3.63) is 59.7 Å². The zero-order valence-electron chi connectivity index (χ0n) is 11.8. The van der Waals surface area contributed by atoms with Gasteiger partial charge in [-0.1, -0.05) is 36.4 Å². The van der Waals surface area contributed by atoms with E-state index >= 15 is 0 Å². The second-order valence-electron chi connectivity index (χ2n) is 4.80. The topological polar surface area (TPSA) is 86.2 Å². The lowest BCUT2D eigenvalue weighted by Gasteiger charge is -2.13. The molecule has 21 heavy (non-hydrogen) atoms. The van der Waals surface area contributed by atoms with E-state index in [-0.39, 0.29) is 0 Å². The molecule has 2 rings (SSSR count). The summed E-state index contributed by atoms with van der Waals surface area (Å²) in [7, 11) is -3.56. The lowest BCUT2D eigenvalue weighted by molar-refractivity contribution is 0.593. The Kier molecular flexibility index (Phi) is 5.12. The van der Waals surface area contributed by atoms with Gasteiger partial charge in [0.2, 0.25) is 9.84 Å². The van der Waals surface area contributed by atoms with Gasteiger partial charge in [-0.05, 0) is 49.2 Å². The fraction of sp³-hybridized carbons (Fsp3) is 0.250. The summed E-state index contributed by atoms with van der Waals surface area (Å²) in [6.07, 6.45) is 1.07. The van der Waals surface area contributed by atoms with Gasteiger partial charge in [0.15, 0.2) is 0 Å². The summed E-state index contributed by atoms with van der Waals surface area (Å²) in [5, 5.41) is 0. The van der Waals surface area contributed by atoms with Crippen molar-refractivity contribution in [2.24, 2.45) is 11.5 Å². The molecule has 2 aromatic rings. The molecule has 0 fully saturated rings. The third-order valence-corrected chi connectivity index (χ3v) is 5.31. The largest absolute Gasteiger partial charge is 0.330 e. The van der Waals surface area contributed by atoms with E-state index in [0.717, 1.165) is 11.1 Å². The molecule has 0 spiro atoms. The van der Waals surface area contributed by atoms with Crippen molar-refractivity contribution in [3.63, 3.8) is 0 Å². The summed E-state index contributed by atoms with van der Waals surface area (Å²) in [4.78, 5) is 0.667. The third-order valence-electron chi connectivity index (χ3n) is 3.35. The van der Waals surface area contributed by atoms with E-state index in [1.807, 2.05) is 24.3 Å². The molecule has 0 saturated heterocycles.